The van der Waals surface area contributed by atoms with Crippen LogP contribution in [0.25, 0.3) is 0 Å². The lowest BCUT2D eigenvalue weighted by atomic mass is 9.82. The maximum Gasteiger partial charge on any atom is 0.250 e. The van der Waals surface area contributed by atoms with Crippen LogP contribution in [-0.4, -0.2) is 130 Å². The van der Waals surface area contributed by atoms with Gasteiger partial charge in [0, 0.05) is 18.5 Å². The quantitative estimate of drug-likeness (QED) is 0.128. The van der Waals surface area contributed by atoms with Crippen molar-refractivity contribution in [2.24, 2.45) is 28.9 Å². The first-order valence-electron chi connectivity index (χ1n) is 13.0. The van der Waals surface area contributed by atoms with E-state index in [-0.39, 0.29) is 25.7 Å². The van der Waals surface area contributed by atoms with Crippen LogP contribution in [0, 0.1) is 5.92 Å². The van der Waals surface area contributed by atoms with E-state index in [0.29, 0.717) is 12.8 Å². The lowest BCUT2D eigenvalue weighted by molar-refractivity contribution is -0.313. The molecule has 3 fully saturated rings. The lowest BCUT2D eigenvalue weighted by Gasteiger charge is -2.48. The Hall–Kier alpha value is -1.05. The number of hydrogen-bond acceptors (Lipinski definition) is 14. The number of aliphatic hydroxyl groups excluding tert-OH is 4. The Balaban J connectivity index is 1.81. The highest BCUT2D eigenvalue weighted by atomic mass is 16.7. The van der Waals surface area contributed by atoms with Crippen molar-refractivity contribution in [2.45, 2.75) is 112 Å². The fraction of sp³-hybridized carbons (Fsp3) is 0.957. The van der Waals surface area contributed by atoms with Crippen molar-refractivity contribution < 1.29 is 49.3 Å². The van der Waals surface area contributed by atoms with E-state index < -0.39 is 91.3 Å². The summed E-state index contributed by atoms with van der Waals surface area (Å²) >= 11 is 0. The minimum atomic E-state index is -1.74. The number of aliphatic hydroxyl groups is 5. The molecule has 0 radical (unpaired) electrons. The second-order valence-corrected chi connectivity index (χ2v) is 10.9. The third kappa shape index (κ3) is 6.98. The standard InChI is InChI=1S/C23H45N5O10/c1-9-15(30)22(35-8-23(9,2)34)38-19-14(28-20(33)16(31)13(27)7-29)5-12(26)18(17(19)32)37-21-11(25)4-3-10(6-24)36-21/h9-19,21-22,29-32,34H,3-8,24-27H2,1-2H3,(H,28,33)/t9-,10+,11?,12+,13-,14-,15?,16+,17?,18?,19?,21-,22-,23?/m1/s1. The Morgan fingerprint density at radius 2 is 1.79 bits per heavy atom. The minimum absolute atomic E-state index is 0.0254. The summed E-state index contributed by atoms with van der Waals surface area (Å²) in [7, 11) is 0. The van der Waals surface area contributed by atoms with Gasteiger partial charge < -0.3 is 72.7 Å². The molecule has 0 spiro atoms. The van der Waals surface area contributed by atoms with E-state index in [9.17, 15) is 30.3 Å². The van der Waals surface area contributed by atoms with Gasteiger partial charge in [0.05, 0.1) is 43.0 Å². The molecule has 1 saturated carbocycles. The van der Waals surface area contributed by atoms with E-state index in [1.54, 1.807) is 6.92 Å². The van der Waals surface area contributed by atoms with E-state index >= 15 is 0 Å². The highest BCUT2D eigenvalue weighted by molar-refractivity contribution is 5.81. The van der Waals surface area contributed by atoms with Crippen LogP contribution < -0.4 is 28.3 Å². The highest BCUT2D eigenvalue weighted by Gasteiger charge is 2.51. The molecule has 3 rings (SSSR count). The van der Waals surface area contributed by atoms with Crippen molar-refractivity contribution >= 4 is 5.91 Å². The van der Waals surface area contributed by atoms with Crippen LogP contribution in [0.2, 0.25) is 0 Å². The predicted molar refractivity (Wildman–Crippen MR) is 132 cm³/mol. The molecule has 14 N–H and O–H groups in total. The van der Waals surface area contributed by atoms with Gasteiger partial charge in [-0.25, -0.2) is 0 Å². The summed E-state index contributed by atoms with van der Waals surface area (Å²) in [6.07, 6.45) is -7.92. The lowest BCUT2D eigenvalue weighted by Crippen LogP contribution is -2.68. The number of amides is 1. The Morgan fingerprint density at radius 3 is 2.42 bits per heavy atom. The molecule has 2 saturated heterocycles. The minimum Gasteiger partial charge on any atom is -0.395 e. The van der Waals surface area contributed by atoms with E-state index in [1.807, 2.05) is 0 Å². The first-order valence-corrected chi connectivity index (χ1v) is 13.0. The molecule has 1 amide bonds. The molecule has 15 heteroatoms. The second-order valence-electron chi connectivity index (χ2n) is 10.9. The van der Waals surface area contributed by atoms with Gasteiger partial charge in [0.25, 0.3) is 5.91 Å². The average Bonchev–Trinajstić information content (AvgIpc) is 2.88. The van der Waals surface area contributed by atoms with E-state index in [4.69, 9.17) is 41.9 Å². The topological polar surface area (TPSA) is 271 Å². The van der Waals surface area contributed by atoms with Crippen LogP contribution in [0.15, 0.2) is 0 Å². The van der Waals surface area contributed by atoms with Gasteiger partial charge in [0.1, 0.15) is 30.5 Å². The number of hydrogen-bond donors (Lipinski definition) is 10. The number of nitrogens with two attached hydrogens (primary N) is 4. The van der Waals surface area contributed by atoms with Gasteiger partial charge in [-0.15, -0.1) is 0 Å². The van der Waals surface area contributed by atoms with Gasteiger partial charge in [-0.2, -0.15) is 0 Å². The van der Waals surface area contributed by atoms with Gasteiger partial charge in [-0.05, 0) is 26.2 Å². The number of carbonyl (C=O) groups is 1. The monoisotopic (exact) mass is 551 g/mol. The SMILES string of the molecule is C[C@@H]1C(O)[C@@H](OC2C(O)C(O[C@H]3O[C@H](CN)CCC3N)[C@@H](N)C[C@H]2NC(=O)[C@@H](O)[C@H](N)CO)OCC1(C)O. The zero-order valence-electron chi connectivity index (χ0n) is 21.8. The van der Waals surface area contributed by atoms with Crippen LogP contribution in [0.4, 0.5) is 0 Å². The molecule has 0 aromatic rings. The van der Waals surface area contributed by atoms with Crippen LogP contribution in [0.1, 0.15) is 33.1 Å². The molecule has 0 aromatic carbocycles. The largest absolute Gasteiger partial charge is 0.395 e. The summed E-state index contributed by atoms with van der Waals surface area (Å²) in [6, 6.07) is -3.53. The number of nitrogens with one attached hydrogen (secondary N) is 1. The van der Waals surface area contributed by atoms with E-state index in [0.717, 1.165) is 0 Å². The van der Waals surface area contributed by atoms with Gasteiger partial charge in [-0.3, -0.25) is 4.79 Å². The number of ether oxygens (including phenoxy) is 4. The summed E-state index contributed by atoms with van der Waals surface area (Å²) in [4.78, 5) is 12.7. The summed E-state index contributed by atoms with van der Waals surface area (Å²) in [6.45, 7) is 2.63. The molecule has 2 aliphatic heterocycles. The second kappa shape index (κ2) is 13.1. The number of rotatable bonds is 9. The summed E-state index contributed by atoms with van der Waals surface area (Å²) in [5, 5.41) is 54.5. The van der Waals surface area contributed by atoms with Gasteiger partial charge in [-0.1, -0.05) is 6.92 Å². The fourth-order valence-electron chi connectivity index (χ4n) is 4.99. The van der Waals surface area contributed by atoms with E-state index in [1.165, 1.54) is 6.92 Å². The molecule has 0 bridgehead atoms. The van der Waals surface area contributed by atoms with Crippen molar-refractivity contribution in [1.29, 1.82) is 0 Å². The molecule has 3 aliphatic rings. The molecular weight excluding hydrogens is 506 g/mol. The molecule has 15 nitrogen and oxygen atoms in total. The summed E-state index contributed by atoms with van der Waals surface area (Å²) in [5.74, 6) is -1.55. The fourth-order valence-corrected chi connectivity index (χ4v) is 4.99. The smallest absolute Gasteiger partial charge is 0.250 e. The molecule has 222 valence electrons. The maximum atomic E-state index is 12.7. The third-order valence-corrected chi connectivity index (χ3v) is 7.89. The van der Waals surface area contributed by atoms with Gasteiger partial charge >= 0.3 is 0 Å². The van der Waals surface area contributed by atoms with Crippen molar-refractivity contribution in [3.63, 3.8) is 0 Å². The van der Waals surface area contributed by atoms with Crippen LogP contribution >= 0.6 is 0 Å². The molecule has 14 atom stereocenters. The van der Waals surface area contributed by atoms with Crippen LogP contribution in [-0.2, 0) is 23.7 Å². The van der Waals surface area contributed by atoms with E-state index in [2.05, 4.69) is 5.32 Å². The molecule has 1 aliphatic carbocycles. The normalized spacial score (nSPS) is 45.8. The predicted octanol–water partition coefficient (Wildman–Crippen LogP) is -5.09. The molecule has 38 heavy (non-hydrogen) atoms. The Bertz CT molecular complexity index is 781. The third-order valence-electron chi connectivity index (χ3n) is 7.89. The van der Waals surface area contributed by atoms with Crippen molar-refractivity contribution in [3.05, 3.63) is 0 Å². The molecule has 6 unspecified atom stereocenters. The summed E-state index contributed by atoms with van der Waals surface area (Å²) in [5.41, 5.74) is 22.5. The molecule has 0 aromatic heterocycles. The first kappa shape index (κ1) is 31.5. The highest BCUT2D eigenvalue weighted by Crippen LogP contribution is 2.34. The summed E-state index contributed by atoms with van der Waals surface area (Å²) < 4.78 is 23.4. The van der Waals surface area contributed by atoms with Crippen LogP contribution in [0.3, 0.4) is 0 Å². The van der Waals surface area contributed by atoms with Gasteiger partial charge in [0.2, 0.25) is 0 Å². The Kier molecular flexibility index (Phi) is 10.8. The van der Waals surface area contributed by atoms with Crippen molar-refractivity contribution in [2.75, 3.05) is 19.8 Å². The molecule has 2 heterocycles. The maximum absolute atomic E-state index is 12.7. The zero-order chi connectivity index (χ0) is 28.4. The van der Waals surface area contributed by atoms with Gasteiger partial charge in [0.15, 0.2) is 12.6 Å². The Morgan fingerprint density at radius 1 is 1.13 bits per heavy atom. The average molecular weight is 552 g/mol. The zero-order valence-corrected chi connectivity index (χ0v) is 21.8. The van der Waals surface area contributed by atoms with Crippen LogP contribution in [0.5, 0.6) is 0 Å². The molecular formula is C23H45N5O10. The first-order chi connectivity index (χ1) is 17.8. The Labute approximate surface area is 221 Å². The van der Waals surface area contributed by atoms with Crippen molar-refractivity contribution in [3.8, 4) is 0 Å². The number of carbonyl (C=O) groups excluding carboxylic acids is 1. The van der Waals surface area contributed by atoms with Crippen molar-refractivity contribution in [1.82, 2.24) is 5.32 Å².